The van der Waals surface area contributed by atoms with Gasteiger partial charge in [0, 0.05) is 6.42 Å². The summed E-state index contributed by atoms with van der Waals surface area (Å²) in [6.07, 6.45) is -5.54. The minimum Gasteiger partial charge on any atom is -0.493 e. The molecule has 0 aromatic heterocycles. The molecule has 2 aromatic rings. The third-order valence-corrected chi connectivity index (χ3v) is 5.83. The summed E-state index contributed by atoms with van der Waals surface area (Å²) in [6.45, 7) is 0.377. The molecule has 0 bridgehead atoms. The van der Waals surface area contributed by atoms with Gasteiger partial charge in [-0.1, -0.05) is 24.3 Å². The maximum Gasteiger partial charge on any atom is 0.495 e. The lowest BCUT2D eigenvalue weighted by molar-refractivity contribution is -0.286. The maximum atomic E-state index is 14.0. The molecule has 208 valence electrons. The topological polar surface area (TPSA) is 182 Å². The lowest BCUT2D eigenvalue weighted by Gasteiger charge is -2.17. The Labute approximate surface area is 213 Å². The van der Waals surface area contributed by atoms with Crippen LogP contribution in [-0.2, 0) is 40.6 Å². The van der Waals surface area contributed by atoms with Crippen LogP contribution in [-0.4, -0.2) is 51.7 Å². The van der Waals surface area contributed by atoms with E-state index in [2.05, 4.69) is 14.9 Å². The van der Waals surface area contributed by atoms with Gasteiger partial charge in [0.2, 0.25) is 16.0 Å². The van der Waals surface area contributed by atoms with Crippen molar-refractivity contribution >= 4 is 27.9 Å². The van der Waals surface area contributed by atoms with Crippen molar-refractivity contribution < 1.29 is 54.9 Å². The number of nitrogens with one attached hydrogen (secondary N) is 1. The fraction of sp³-hybridized carbons (Fsp3) is 0.286. The Hall–Kier alpha value is -4.12. The number of halogens is 4. The van der Waals surface area contributed by atoms with Crippen molar-refractivity contribution in [2.75, 3.05) is 13.2 Å². The number of carbonyl (C=O) groups is 2. The lowest BCUT2D eigenvalue weighted by atomic mass is 10.1. The molecule has 1 atom stereocenters. The maximum absolute atomic E-state index is 14.0. The zero-order valence-electron chi connectivity index (χ0n) is 19.3. The molecule has 38 heavy (non-hydrogen) atoms. The lowest BCUT2D eigenvalue weighted by Crippen LogP contribution is -2.44. The number of benzene rings is 2. The smallest absolute Gasteiger partial charge is 0.493 e. The number of ether oxygens (including phenoxy) is 1. The van der Waals surface area contributed by atoms with E-state index in [1.165, 1.54) is 36.4 Å². The quantitative estimate of drug-likeness (QED) is 0.0845. The number of guanidine groups is 1. The molecule has 0 spiro atoms. The first kappa shape index (κ1) is 30.1. The molecule has 0 saturated carbocycles. The van der Waals surface area contributed by atoms with Gasteiger partial charge < -0.3 is 21.0 Å². The highest BCUT2D eigenvalue weighted by Crippen LogP contribution is 2.19. The van der Waals surface area contributed by atoms with Gasteiger partial charge in [-0.05, 0) is 41.4 Å². The number of alkyl halides is 3. The number of nitrogens with zero attached hydrogens (tertiary/aromatic N) is 1. The van der Waals surface area contributed by atoms with Crippen LogP contribution in [0.1, 0.15) is 12.0 Å². The number of nitrogens with two attached hydrogens (primary N) is 2. The summed E-state index contributed by atoms with van der Waals surface area (Å²) in [4.78, 5) is 34.5. The standard InChI is InChI=1S/C21H22F4N4O8S/c22-15-4-1-2-5-17(15)38(32,33)29-16(18(30)36-37-19(31)21(23,24)25)12-13-6-8-14(9-7-13)34-10-3-11-35-28-20(26)27/h1-2,4-9,16,29H,3,10-12H2,(H4,26,27,28)/t16-/m0/s1. The van der Waals surface area contributed by atoms with Crippen molar-refractivity contribution in [3.8, 4) is 5.75 Å². The van der Waals surface area contributed by atoms with Crippen molar-refractivity contribution in [1.82, 2.24) is 4.72 Å². The largest absolute Gasteiger partial charge is 0.495 e. The molecule has 0 heterocycles. The van der Waals surface area contributed by atoms with E-state index in [1.807, 2.05) is 4.72 Å². The summed E-state index contributed by atoms with van der Waals surface area (Å²) in [7, 11) is -4.71. The molecule has 2 rings (SSSR count). The van der Waals surface area contributed by atoms with E-state index in [1.54, 1.807) is 0 Å². The molecule has 12 nitrogen and oxygen atoms in total. The number of sulfonamides is 1. The number of rotatable bonds is 12. The van der Waals surface area contributed by atoms with E-state index >= 15 is 0 Å². The van der Waals surface area contributed by atoms with Gasteiger partial charge in [0.15, 0.2) is 0 Å². The van der Waals surface area contributed by atoms with E-state index in [0.717, 1.165) is 12.1 Å². The highest BCUT2D eigenvalue weighted by molar-refractivity contribution is 7.89. The third kappa shape index (κ3) is 9.74. The molecule has 0 aliphatic heterocycles. The second kappa shape index (κ2) is 13.4. The highest BCUT2D eigenvalue weighted by atomic mass is 32.2. The minimum atomic E-state index is -5.48. The van der Waals surface area contributed by atoms with E-state index in [0.29, 0.717) is 12.2 Å². The average molecular weight is 566 g/mol. The van der Waals surface area contributed by atoms with Gasteiger partial charge in [0.05, 0.1) is 6.61 Å². The number of hydrogen-bond donors (Lipinski definition) is 3. The summed E-state index contributed by atoms with van der Waals surface area (Å²) in [6, 6.07) is 8.03. The van der Waals surface area contributed by atoms with Crippen LogP contribution in [0.2, 0.25) is 0 Å². The highest BCUT2D eigenvalue weighted by Gasteiger charge is 2.43. The van der Waals surface area contributed by atoms with E-state index in [4.69, 9.17) is 21.0 Å². The Balaban J connectivity index is 2.11. The molecular weight excluding hydrogens is 544 g/mol. The van der Waals surface area contributed by atoms with Gasteiger partial charge >= 0.3 is 18.1 Å². The molecule has 2 aromatic carbocycles. The van der Waals surface area contributed by atoms with Crippen LogP contribution in [0, 0.1) is 5.82 Å². The fourth-order valence-electron chi connectivity index (χ4n) is 2.66. The van der Waals surface area contributed by atoms with Crippen molar-refractivity contribution in [2.24, 2.45) is 16.6 Å². The first-order chi connectivity index (χ1) is 17.8. The van der Waals surface area contributed by atoms with E-state index < -0.39 is 51.3 Å². The summed E-state index contributed by atoms with van der Waals surface area (Å²) in [5.41, 5.74) is 10.5. The van der Waals surface area contributed by atoms with Gasteiger partial charge in [-0.15, -0.1) is 0 Å². The molecule has 0 radical (unpaired) electrons. The number of oxime groups is 1. The molecule has 0 aliphatic rings. The van der Waals surface area contributed by atoms with E-state index in [-0.39, 0.29) is 24.7 Å². The van der Waals surface area contributed by atoms with Gasteiger partial charge in [0.25, 0.3) is 0 Å². The zero-order valence-corrected chi connectivity index (χ0v) is 20.1. The fourth-order valence-corrected chi connectivity index (χ4v) is 3.93. The summed E-state index contributed by atoms with van der Waals surface area (Å²) < 4.78 is 83.7. The van der Waals surface area contributed by atoms with Crippen LogP contribution in [0.4, 0.5) is 17.6 Å². The van der Waals surface area contributed by atoms with Crippen LogP contribution in [0.5, 0.6) is 5.75 Å². The second-order valence-corrected chi connectivity index (χ2v) is 8.96. The van der Waals surface area contributed by atoms with Crippen molar-refractivity contribution in [1.29, 1.82) is 0 Å². The Morgan fingerprint density at radius 3 is 2.26 bits per heavy atom. The Morgan fingerprint density at radius 2 is 1.66 bits per heavy atom. The SMILES string of the molecule is NC(N)=NOCCCOc1ccc(C[C@H](NS(=O)(=O)c2ccccc2F)C(=O)OOC(=O)C(F)(F)F)cc1. The monoisotopic (exact) mass is 566 g/mol. The summed E-state index contributed by atoms with van der Waals surface area (Å²) >= 11 is 0. The second-order valence-electron chi connectivity index (χ2n) is 7.27. The molecule has 0 unspecified atom stereocenters. The van der Waals surface area contributed by atoms with E-state index in [9.17, 15) is 35.6 Å². The van der Waals surface area contributed by atoms with Crippen LogP contribution in [0.3, 0.4) is 0 Å². The van der Waals surface area contributed by atoms with Crippen LogP contribution in [0.15, 0.2) is 58.6 Å². The van der Waals surface area contributed by atoms with Gasteiger partial charge in [0.1, 0.15) is 29.1 Å². The average Bonchev–Trinajstić information content (AvgIpc) is 2.84. The van der Waals surface area contributed by atoms with Crippen LogP contribution in [0.25, 0.3) is 0 Å². The number of hydrogen-bond acceptors (Lipinski definition) is 9. The predicted molar refractivity (Wildman–Crippen MR) is 121 cm³/mol. The van der Waals surface area contributed by atoms with Crippen LogP contribution < -0.4 is 20.9 Å². The molecular formula is C21H22F4N4O8S. The van der Waals surface area contributed by atoms with Gasteiger partial charge in [-0.3, -0.25) is 0 Å². The molecule has 17 heteroatoms. The van der Waals surface area contributed by atoms with Crippen molar-refractivity contribution in [3.63, 3.8) is 0 Å². The molecule has 5 N–H and O–H groups in total. The Bertz CT molecular complexity index is 1240. The number of carbonyl (C=O) groups excluding carboxylic acids is 2. The predicted octanol–water partition coefficient (Wildman–Crippen LogP) is 1.25. The van der Waals surface area contributed by atoms with Gasteiger partial charge in [-0.2, -0.15) is 17.9 Å². The van der Waals surface area contributed by atoms with Gasteiger partial charge in [-0.25, -0.2) is 32.2 Å². The molecule has 0 amide bonds. The summed E-state index contributed by atoms with van der Waals surface area (Å²) in [5.74, 6) is -5.55. The molecule has 0 saturated heterocycles. The zero-order chi connectivity index (χ0) is 28.3. The summed E-state index contributed by atoms with van der Waals surface area (Å²) in [5, 5.41) is 3.33. The van der Waals surface area contributed by atoms with Crippen LogP contribution >= 0.6 is 0 Å². The van der Waals surface area contributed by atoms with Crippen molar-refractivity contribution in [3.05, 3.63) is 59.9 Å². The molecule has 0 fully saturated rings. The molecule has 0 aliphatic carbocycles. The minimum absolute atomic E-state index is 0.167. The van der Waals surface area contributed by atoms with Crippen molar-refractivity contribution in [2.45, 2.75) is 30.0 Å². The third-order valence-electron chi connectivity index (χ3n) is 4.32. The Morgan fingerprint density at radius 1 is 1.00 bits per heavy atom. The Kier molecular flexibility index (Phi) is 10.6. The first-order valence-electron chi connectivity index (χ1n) is 10.5. The first-order valence-corrected chi connectivity index (χ1v) is 12.0. The normalized spacial score (nSPS) is 12.2.